The van der Waals surface area contributed by atoms with Crippen molar-refractivity contribution in [3.05, 3.63) is 77.3 Å². The van der Waals surface area contributed by atoms with Gasteiger partial charge in [0.15, 0.2) is 11.5 Å². The van der Waals surface area contributed by atoms with Crippen molar-refractivity contribution < 1.29 is 23.8 Å². The van der Waals surface area contributed by atoms with Crippen LogP contribution >= 0.6 is 11.6 Å². The number of benzene rings is 3. The third-order valence-electron chi connectivity index (χ3n) is 4.73. The molecule has 33 heavy (non-hydrogen) atoms. The number of carbonyl (C=O) groups excluding carboxylic acids is 1. The van der Waals surface area contributed by atoms with Gasteiger partial charge >= 0.3 is 0 Å². The van der Waals surface area contributed by atoms with Crippen LogP contribution in [0.3, 0.4) is 0 Å². The standard InChI is InChI=1S/C24H19ClFN3O4/c25-19-10-16(4-7-20(19)26)29-24-18-11-23(22(31)12-21(18)27-14-28-24)33-9-1-8-32-17-5-2-15(13-30)3-6-17/h2-7,10-14,31H,1,8-9H2,(H,27,28,29). The number of aromatic nitrogens is 2. The molecule has 2 N–H and O–H groups in total. The number of anilines is 2. The first kappa shape index (κ1) is 22.3. The van der Waals surface area contributed by atoms with Crippen molar-refractivity contribution in [3.63, 3.8) is 0 Å². The number of aromatic hydroxyl groups is 1. The third kappa shape index (κ3) is 5.48. The first-order chi connectivity index (χ1) is 16.0. The van der Waals surface area contributed by atoms with Gasteiger partial charge in [-0.2, -0.15) is 0 Å². The van der Waals surface area contributed by atoms with Gasteiger partial charge in [0.25, 0.3) is 0 Å². The summed E-state index contributed by atoms with van der Waals surface area (Å²) < 4.78 is 24.8. The van der Waals surface area contributed by atoms with Crippen LogP contribution in [-0.4, -0.2) is 34.6 Å². The lowest BCUT2D eigenvalue weighted by Crippen LogP contribution is -2.05. The largest absolute Gasteiger partial charge is 0.504 e. The molecule has 0 aliphatic carbocycles. The van der Waals surface area contributed by atoms with Crippen molar-refractivity contribution in [1.82, 2.24) is 9.97 Å². The number of phenolic OH excluding ortho intramolecular Hbond substituents is 1. The van der Waals surface area contributed by atoms with E-state index in [1.165, 1.54) is 24.5 Å². The van der Waals surface area contributed by atoms with Gasteiger partial charge in [-0.1, -0.05) is 11.6 Å². The van der Waals surface area contributed by atoms with Crippen LogP contribution in [0.1, 0.15) is 16.8 Å². The highest BCUT2D eigenvalue weighted by molar-refractivity contribution is 6.31. The summed E-state index contributed by atoms with van der Waals surface area (Å²) >= 11 is 5.85. The predicted octanol–water partition coefficient (Wildman–Crippen LogP) is 5.53. The Morgan fingerprint density at radius 2 is 1.82 bits per heavy atom. The van der Waals surface area contributed by atoms with Crippen LogP contribution in [0.4, 0.5) is 15.9 Å². The molecule has 0 aliphatic heterocycles. The van der Waals surface area contributed by atoms with Crippen molar-refractivity contribution in [2.45, 2.75) is 6.42 Å². The van der Waals surface area contributed by atoms with E-state index in [9.17, 15) is 14.3 Å². The van der Waals surface area contributed by atoms with E-state index in [1.807, 2.05) is 0 Å². The van der Waals surface area contributed by atoms with E-state index in [1.54, 1.807) is 36.4 Å². The lowest BCUT2D eigenvalue weighted by Gasteiger charge is -2.12. The summed E-state index contributed by atoms with van der Waals surface area (Å²) in [5.41, 5.74) is 1.64. The fourth-order valence-corrected chi connectivity index (χ4v) is 3.25. The number of hydrogen-bond acceptors (Lipinski definition) is 7. The molecule has 4 aromatic rings. The van der Waals surface area contributed by atoms with Crippen LogP contribution in [0.5, 0.6) is 17.2 Å². The molecule has 0 aliphatic rings. The maximum Gasteiger partial charge on any atom is 0.161 e. The molecule has 4 rings (SSSR count). The number of nitrogens with one attached hydrogen (secondary N) is 1. The van der Waals surface area contributed by atoms with Gasteiger partial charge in [0, 0.05) is 29.1 Å². The van der Waals surface area contributed by atoms with E-state index in [-0.39, 0.29) is 16.5 Å². The van der Waals surface area contributed by atoms with Crippen LogP contribution < -0.4 is 14.8 Å². The first-order valence-corrected chi connectivity index (χ1v) is 10.4. The Hall–Kier alpha value is -3.91. The number of halogens is 2. The van der Waals surface area contributed by atoms with Gasteiger partial charge in [-0.05, 0) is 48.5 Å². The van der Waals surface area contributed by atoms with Gasteiger partial charge in [0.05, 0.1) is 23.8 Å². The van der Waals surface area contributed by atoms with Crippen LogP contribution in [0.2, 0.25) is 5.02 Å². The van der Waals surface area contributed by atoms with Gasteiger partial charge in [0.1, 0.15) is 30.0 Å². The summed E-state index contributed by atoms with van der Waals surface area (Å²) in [4.78, 5) is 19.1. The number of ether oxygens (including phenoxy) is 2. The molecule has 0 saturated heterocycles. The van der Waals surface area contributed by atoms with Gasteiger partial charge in [0.2, 0.25) is 0 Å². The zero-order valence-corrected chi connectivity index (χ0v) is 18.1. The predicted molar refractivity (Wildman–Crippen MR) is 123 cm³/mol. The molecule has 7 nitrogen and oxygen atoms in total. The third-order valence-corrected chi connectivity index (χ3v) is 5.02. The van der Waals surface area contributed by atoms with Crippen LogP contribution in [0.15, 0.2) is 60.9 Å². The van der Waals surface area contributed by atoms with Gasteiger partial charge in [-0.25, -0.2) is 14.4 Å². The molecule has 3 aromatic carbocycles. The minimum Gasteiger partial charge on any atom is -0.504 e. The number of nitrogens with zero attached hydrogens (tertiary/aromatic N) is 2. The SMILES string of the molecule is O=Cc1ccc(OCCCOc2cc3c(Nc4ccc(F)c(Cl)c4)ncnc3cc2O)cc1. The molecule has 0 unspecified atom stereocenters. The number of rotatable bonds is 9. The van der Waals surface area contributed by atoms with Crippen molar-refractivity contribution in [2.24, 2.45) is 0 Å². The highest BCUT2D eigenvalue weighted by Gasteiger charge is 2.11. The summed E-state index contributed by atoms with van der Waals surface area (Å²) in [5, 5.41) is 14.0. The molecule has 0 atom stereocenters. The topological polar surface area (TPSA) is 93.6 Å². The normalized spacial score (nSPS) is 10.7. The summed E-state index contributed by atoms with van der Waals surface area (Å²) in [5.74, 6) is 0.810. The second kappa shape index (κ2) is 10.1. The Morgan fingerprint density at radius 3 is 2.58 bits per heavy atom. The molecule has 0 fully saturated rings. The van der Waals surface area contributed by atoms with E-state index in [0.717, 1.165) is 6.29 Å². The molecule has 1 aromatic heterocycles. The second-order valence-corrected chi connectivity index (χ2v) is 7.46. The summed E-state index contributed by atoms with van der Waals surface area (Å²) in [6.45, 7) is 0.700. The molecule has 0 spiro atoms. The van der Waals surface area contributed by atoms with Gasteiger partial charge in [-0.15, -0.1) is 0 Å². The van der Waals surface area contributed by atoms with Crippen LogP contribution in [-0.2, 0) is 0 Å². The van der Waals surface area contributed by atoms with Crippen molar-refractivity contribution in [3.8, 4) is 17.2 Å². The molecule has 168 valence electrons. The number of aldehydes is 1. The number of carbonyl (C=O) groups is 1. The summed E-state index contributed by atoms with van der Waals surface area (Å²) in [6.07, 6.45) is 2.70. The Bertz CT molecular complexity index is 1280. The van der Waals surface area contributed by atoms with Crippen LogP contribution in [0, 0.1) is 5.82 Å². The van der Waals surface area contributed by atoms with Crippen molar-refractivity contribution in [2.75, 3.05) is 18.5 Å². The van der Waals surface area contributed by atoms with E-state index >= 15 is 0 Å². The fourth-order valence-electron chi connectivity index (χ4n) is 3.07. The number of fused-ring (bicyclic) bond motifs is 1. The molecule has 9 heteroatoms. The minimum absolute atomic E-state index is 0.0121. The average molecular weight is 468 g/mol. The number of phenols is 1. The van der Waals surface area contributed by atoms with E-state index in [0.29, 0.717) is 53.4 Å². The lowest BCUT2D eigenvalue weighted by atomic mass is 10.2. The minimum atomic E-state index is -0.516. The summed E-state index contributed by atoms with van der Waals surface area (Å²) in [6, 6.07) is 14.2. The maximum absolute atomic E-state index is 13.4. The molecule has 0 bridgehead atoms. The van der Waals surface area contributed by atoms with E-state index < -0.39 is 5.82 Å². The smallest absolute Gasteiger partial charge is 0.161 e. The molecule has 0 amide bonds. The van der Waals surface area contributed by atoms with E-state index in [4.69, 9.17) is 21.1 Å². The average Bonchev–Trinajstić information content (AvgIpc) is 2.82. The Balaban J connectivity index is 1.41. The highest BCUT2D eigenvalue weighted by Crippen LogP contribution is 2.34. The fraction of sp³-hybridized carbons (Fsp3) is 0.125. The van der Waals surface area contributed by atoms with E-state index in [2.05, 4.69) is 15.3 Å². The molecular weight excluding hydrogens is 449 g/mol. The van der Waals surface area contributed by atoms with Gasteiger partial charge in [-0.3, -0.25) is 4.79 Å². The molecule has 0 saturated carbocycles. The zero-order chi connectivity index (χ0) is 23.2. The quantitative estimate of drug-likeness (QED) is 0.247. The molecule has 1 heterocycles. The monoisotopic (exact) mass is 467 g/mol. The molecular formula is C24H19ClFN3O4. The van der Waals surface area contributed by atoms with Crippen molar-refractivity contribution in [1.29, 1.82) is 0 Å². The number of hydrogen-bond donors (Lipinski definition) is 2. The van der Waals surface area contributed by atoms with Gasteiger partial charge < -0.3 is 19.9 Å². The molecule has 0 radical (unpaired) electrons. The summed E-state index contributed by atoms with van der Waals surface area (Å²) in [7, 11) is 0. The second-order valence-electron chi connectivity index (χ2n) is 7.05. The first-order valence-electron chi connectivity index (χ1n) is 10.0. The Labute approximate surface area is 193 Å². The Kier molecular flexibility index (Phi) is 6.85. The highest BCUT2D eigenvalue weighted by atomic mass is 35.5. The Morgan fingerprint density at radius 1 is 1.03 bits per heavy atom. The van der Waals surface area contributed by atoms with Crippen molar-refractivity contribution >= 4 is 40.3 Å². The lowest BCUT2D eigenvalue weighted by molar-refractivity contribution is 0.112. The zero-order valence-electron chi connectivity index (χ0n) is 17.3. The maximum atomic E-state index is 13.4. The van der Waals surface area contributed by atoms with Crippen LogP contribution in [0.25, 0.3) is 10.9 Å².